The molecule has 1 aromatic rings. The summed E-state index contributed by atoms with van der Waals surface area (Å²) < 4.78 is 28.1. The van der Waals surface area contributed by atoms with Crippen LogP contribution in [0.5, 0.6) is 5.75 Å². The second-order valence-electron chi connectivity index (χ2n) is 6.21. The zero-order chi connectivity index (χ0) is 17.7. The largest absolute Gasteiger partial charge is 0.493 e. The molecule has 0 bridgehead atoms. The summed E-state index contributed by atoms with van der Waals surface area (Å²) in [5, 5.41) is 5.09. The molecule has 1 fully saturated rings. The Morgan fingerprint density at radius 3 is 2.83 bits per heavy atom. The number of carbonyl (C=O) groups excluding carboxylic acids is 1. The lowest BCUT2D eigenvalue weighted by atomic mass is 10.1. The van der Waals surface area contributed by atoms with Crippen LogP contribution in [0, 0.1) is 12.8 Å². The number of ether oxygens (including phenoxy) is 1. The lowest BCUT2D eigenvalue weighted by Crippen LogP contribution is -2.30. The van der Waals surface area contributed by atoms with E-state index in [1.54, 1.807) is 17.0 Å². The number of aryl methyl sites for hydroxylation is 1. The predicted molar refractivity (Wildman–Crippen MR) is 92.3 cm³/mol. The lowest BCUT2D eigenvalue weighted by molar-refractivity contribution is 0.0787. The van der Waals surface area contributed by atoms with Crippen molar-refractivity contribution in [3.05, 3.63) is 29.3 Å². The average Bonchev–Trinajstić information content (AvgIpc) is 2.95. The molecule has 0 aliphatic carbocycles. The number of amides is 1. The van der Waals surface area contributed by atoms with Gasteiger partial charge in [0.2, 0.25) is 10.0 Å². The molecule has 24 heavy (non-hydrogen) atoms. The fourth-order valence-electron chi connectivity index (χ4n) is 2.82. The smallest absolute Gasteiger partial charge is 0.253 e. The van der Waals surface area contributed by atoms with E-state index >= 15 is 0 Å². The maximum atomic E-state index is 12.6. The number of benzene rings is 1. The quantitative estimate of drug-likeness (QED) is 0.690. The average molecular weight is 355 g/mol. The van der Waals surface area contributed by atoms with Crippen molar-refractivity contribution in [2.24, 2.45) is 16.8 Å². The number of nitrogens with zero attached hydrogens (tertiary/aromatic N) is 1. The number of likely N-dealkylation sites (tertiary alicyclic amines) is 1. The summed E-state index contributed by atoms with van der Waals surface area (Å²) >= 11 is 0. The standard InChI is InChI=1S/C16H25N3O4S/c1-12-3-4-14(9-15(12)23-8-2-6-17)16(20)19-7-5-13(10-19)11-24(18,21)22/h3-4,9,13H,2,5-8,10-11,17H2,1H3,(H2,18,21,22)/t13-/m1/s1. The van der Waals surface area contributed by atoms with Crippen LogP contribution in [-0.2, 0) is 10.0 Å². The molecule has 1 aliphatic rings. The van der Waals surface area contributed by atoms with Crippen LogP contribution in [-0.4, -0.2) is 51.2 Å². The van der Waals surface area contributed by atoms with Gasteiger partial charge in [-0.15, -0.1) is 0 Å². The topological polar surface area (TPSA) is 116 Å². The highest BCUT2D eigenvalue weighted by Crippen LogP contribution is 2.24. The molecule has 7 nitrogen and oxygen atoms in total. The Kier molecular flexibility index (Phi) is 6.20. The number of carbonyl (C=O) groups is 1. The van der Waals surface area contributed by atoms with Gasteiger partial charge in [0, 0.05) is 18.7 Å². The Morgan fingerprint density at radius 1 is 1.42 bits per heavy atom. The van der Waals surface area contributed by atoms with Crippen LogP contribution >= 0.6 is 0 Å². The first kappa shape index (κ1) is 18.7. The third-order valence-electron chi connectivity index (χ3n) is 4.08. The number of sulfonamides is 1. The molecule has 1 aliphatic heterocycles. The molecule has 1 aromatic carbocycles. The minimum atomic E-state index is -3.51. The van der Waals surface area contributed by atoms with Crippen LogP contribution < -0.4 is 15.6 Å². The molecule has 0 unspecified atom stereocenters. The zero-order valence-corrected chi connectivity index (χ0v) is 14.7. The maximum absolute atomic E-state index is 12.6. The first-order chi connectivity index (χ1) is 11.3. The van der Waals surface area contributed by atoms with E-state index in [1.165, 1.54) is 0 Å². The van der Waals surface area contributed by atoms with Gasteiger partial charge >= 0.3 is 0 Å². The molecule has 0 radical (unpaired) electrons. The van der Waals surface area contributed by atoms with E-state index in [2.05, 4.69) is 0 Å². The van der Waals surface area contributed by atoms with E-state index in [9.17, 15) is 13.2 Å². The number of hydrogen-bond acceptors (Lipinski definition) is 5. The molecular formula is C16H25N3O4S. The van der Waals surface area contributed by atoms with Gasteiger partial charge in [0.15, 0.2) is 0 Å². The van der Waals surface area contributed by atoms with Crippen molar-refractivity contribution in [1.82, 2.24) is 4.90 Å². The van der Waals surface area contributed by atoms with E-state index < -0.39 is 10.0 Å². The van der Waals surface area contributed by atoms with Crippen molar-refractivity contribution in [3.63, 3.8) is 0 Å². The fraction of sp³-hybridized carbons (Fsp3) is 0.562. The van der Waals surface area contributed by atoms with Gasteiger partial charge in [-0.2, -0.15) is 0 Å². The monoisotopic (exact) mass is 355 g/mol. The molecule has 1 heterocycles. The van der Waals surface area contributed by atoms with Crippen LogP contribution in [0.15, 0.2) is 18.2 Å². The molecule has 1 amide bonds. The van der Waals surface area contributed by atoms with Gasteiger partial charge in [-0.05, 0) is 49.9 Å². The van der Waals surface area contributed by atoms with Crippen LogP contribution in [0.3, 0.4) is 0 Å². The molecule has 0 saturated carbocycles. The first-order valence-electron chi connectivity index (χ1n) is 8.03. The summed E-state index contributed by atoms with van der Waals surface area (Å²) in [7, 11) is -3.51. The van der Waals surface area contributed by atoms with Gasteiger partial charge in [0.1, 0.15) is 5.75 Å². The van der Waals surface area contributed by atoms with Crippen molar-refractivity contribution < 1.29 is 17.9 Å². The summed E-state index contributed by atoms with van der Waals surface area (Å²) in [4.78, 5) is 14.3. The van der Waals surface area contributed by atoms with Crippen molar-refractivity contribution in [1.29, 1.82) is 0 Å². The Hall–Kier alpha value is -1.64. The number of nitrogens with two attached hydrogens (primary N) is 2. The molecule has 8 heteroatoms. The van der Waals surface area contributed by atoms with Crippen molar-refractivity contribution in [2.45, 2.75) is 19.8 Å². The number of hydrogen-bond donors (Lipinski definition) is 2. The molecule has 2 rings (SSSR count). The highest BCUT2D eigenvalue weighted by molar-refractivity contribution is 7.89. The van der Waals surface area contributed by atoms with Crippen LogP contribution in [0.2, 0.25) is 0 Å². The van der Waals surface area contributed by atoms with E-state index in [4.69, 9.17) is 15.6 Å². The first-order valence-corrected chi connectivity index (χ1v) is 9.75. The predicted octanol–water partition coefficient (Wildman–Crippen LogP) is 0.473. The molecule has 0 spiro atoms. The number of rotatable bonds is 7. The van der Waals surface area contributed by atoms with Crippen LogP contribution in [0.1, 0.15) is 28.8 Å². The normalized spacial score (nSPS) is 18.0. The van der Waals surface area contributed by atoms with Gasteiger partial charge in [0.25, 0.3) is 5.91 Å². The van der Waals surface area contributed by atoms with Crippen LogP contribution in [0.25, 0.3) is 0 Å². The highest BCUT2D eigenvalue weighted by Gasteiger charge is 2.29. The second kappa shape index (κ2) is 7.96. The van der Waals surface area contributed by atoms with E-state index in [0.717, 1.165) is 12.0 Å². The molecule has 1 atom stereocenters. The van der Waals surface area contributed by atoms with Gasteiger partial charge in [0.05, 0.1) is 12.4 Å². The zero-order valence-electron chi connectivity index (χ0n) is 13.9. The summed E-state index contributed by atoms with van der Waals surface area (Å²) in [5.74, 6) is 0.373. The van der Waals surface area contributed by atoms with Gasteiger partial charge < -0.3 is 15.4 Å². The summed E-state index contributed by atoms with van der Waals surface area (Å²) in [6.07, 6.45) is 1.40. The van der Waals surface area contributed by atoms with Crippen molar-refractivity contribution >= 4 is 15.9 Å². The Morgan fingerprint density at radius 2 is 2.17 bits per heavy atom. The Balaban J connectivity index is 2.03. The third-order valence-corrected chi connectivity index (χ3v) is 5.02. The van der Waals surface area contributed by atoms with Crippen LogP contribution in [0.4, 0.5) is 0 Å². The van der Waals surface area contributed by atoms with Gasteiger partial charge in [-0.1, -0.05) is 6.07 Å². The Labute approximate surface area is 143 Å². The maximum Gasteiger partial charge on any atom is 0.253 e. The lowest BCUT2D eigenvalue weighted by Gasteiger charge is -2.17. The summed E-state index contributed by atoms with van der Waals surface area (Å²) in [5.41, 5.74) is 6.95. The molecule has 4 N–H and O–H groups in total. The van der Waals surface area contributed by atoms with Crippen molar-refractivity contribution in [2.75, 3.05) is 32.0 Å². The molecule has 1 saturated heterocycles. The van der Waals surface area contributed by atoms with E-state index in [0.29, 0.717) is 44.0 Å². The van der Waals surface area contributed by atoms with Crippen molar-refractivity contribution in [3.8, 4) is 5.75 Å². The molecule has 134 valence electrons. The minimum absolute atomic E-state index is 0.0852. The Bertz CT molecular complexity index is 691. The fourth-order valence-corrected chi connectivity index (χ4v) is 3.75. The minimum Gasteiger partial charge on any atom is -0.493 e. The summed E-state index contributed by atoms with van der Waals surface area (Å²) in [6.45, 7) is 3.93. The second-order valence-corrected chi connectivity index (χ2v) is 7.87. The van der Waals surface area contributed by atoms with E-state index in [1.807, 2.05) is 13.0 Å². The number of primary sulfonamides is 1. The molecule has 0 aromatic heterocycles. The van der Waals surface area contributed by atoms with E-state index in [-0.39, 0.29) is 17.6 Å². The van der Waals surface area contributed by atoms with Gasteiger partial charge in [-0.25, -0.2) is 13.6 Å². The SMILES string of the molecule is Cc1ccc(C(=O)N2CC[C@@H](CS(N)(=O)=O)C2)cc1OCCCN. The van der Waals surface area contributed by atoms with Gasteiger partial charge in [-0.3, -0.25) is 4.79 Å². The summed E-state index contributed by atoms with van der Waals surface area (Å²) in [6, 6.07) is 5.35. The molecular weight excluding hydrogens is 330 g/mol. The third kappa shape index (κ3) is 5.19. The highest BCUT2D eigenvalue weighted by atomic mass is 32.2.